The summed E-state index contributed by atoms with van der Waals surface area (Å²) in [5, 5.41) is 0. The largest absolute Gasteiger partial charge is 0.343 e. The van der Waals surface area contributed by atoms with Crippen molar-refractivity contribution < 1.29 is 14.3 Å². The van der Waals surface area contributed by atoms with Crippen molar-refractivity contribution in [2.24, 2.45) is 0 Å². The van der Waals surface area contributed by atoms with Gasteiger partial charge >= 0.3 is 0 Å². The Bertz CT molecular complexity index is 257. The average Bonchev–Trinajstić information content (AvgIpc) is 2.21. The van der Waals surface area contributed by atoms with Gasteiger partial charge in [-0.15, -0.1) is 6.58 Å². The van der Waals surface area contributed by atoms with Crippen LogP contribution in [0.2, 0.25) is 0 Å². The van der Waals surface area contributed by atoms with Gasteiger partial charge in [0.1, 0.15) is 17.5 Å². The number of Topliss-reactive ketones (excluding diaryl/α,β-unsaturated/α-hetero) is 1. The minimum absolute atomic E-state index is 0.101. The molecule has 0 unspecified atom stereocenters. The number of ether oxygens (including phenoxy) is 2. The van der Waals surface area contributed by atoms with Gasteiger partial charge in [0.05, 0.1) is 0 Å². The molecule has 0 aromatic rings. The van der Waals surface area contributed by atoms with Gasteiger partial charge in [0, 0.05) is 6.42 Å². The third-order valence-corrected chi connectivity index (χ3v) is 2.41. The number of hydrogen-bond donors (Lipinski definition) is 0. The molecule has 3 heteroatoms. The molecule has 0 aromatic heterocycles. The topological polar surface area (TPSA) is 35.5 Å². The first-order chi connectivity index (χ1) is 6.29. The van der Waals surface area contributed by atoms with Crippen molar-refractivity contribution in [3.8, 4) is 0 Å². The number of hydrogen-bond acceptors (Lipinski definition) is 3. The van der Waals surface area contributed by atoms with Crippen molar-refractivity contribution in [3.63, 3.8) is 0 Å². The SMILES string of the molecule is C=C[C@@]1(C)OC(C)(C)O[C@@H]1CC(C)=O. The van der Waals surface area contributed by atoms with Crippen molar-refractivity contribution in [3.05, 3.63) is 12.7 Å². The summed E-state index contributed by atoms with van der Waals surface area (Å²) < 4.78 is 11.4. The van der Waals surface area contributed by atoms with Crippen molar-refractivity contribution in [1.29, 1.82) is 0 Å². The Morgan fingerprint density at radius 1 is 1.50 bits per heavy atom. The minimum atomic E-state index is -0.636. The van der Waals surface area contributed by atoms with E-state index in [0.717, 1.165) is 0 Å². The molecule has 0 amide bonds. The molecule has 1 rings (SSSR count). The Morgan fingerprint density at radius 2 is 2.07 bits per heavy atom. The van der Waals surface area contributed by atoms with Crippen LogP contribution in [0.5, 0.6) is 0 Å². The highest BCUT2D eigenvalue weighted by Crippen LogP contribution is 2.38. The van der Waals surface area contributed by atoms with Crippen LogP contribution in [0.3, 0.4) is 0 Å². The third-order valence-electron chi connectivity index (χ3n) is 2.41. The van der Waals surface area contributed by atoms with Crippen LogP contribution in [0.4, 0.5) is 0 Å². The maximum atomic E-state index is 11.0. The molecule has 14 heavy (non-hydrogen) atoms. The molecule has 0 radical (unpaired) electrons. The molecule has 0 spiro atoms. The van der Waals surface area contributed by atoms with Gasteiger partial charge in [0.15, 0.2) is 5.79 Å². The molecule has 2 atom stereocenters. The van der Waals surface area contributed by atoms with Crippen molar-refractivity contribution in [1.82, 2.24) is 0 Å². The number of carbonyl (C=O) groups excluding carboxylic acids is 1. The van der Waals surface area contributed by atoms with E-state index in [-0.39, 0.29) is 11.9 Å². The maximum Gasteiger partial charge on any atom is 0.164 e. The molecule has 1 heterocycles. The highest BCUT2D eigenvalue weighted by Gasteiger charge is 2.48. The lowest BCUT2D eigenvalue weighted by atomic mass is 9.95. The zero-order valence-electron chi connectivity index (χ0n) is 9.29. The van der Waals surface area contributed by atoms with Crippen LogP contribution in [0.15, 0.2) is 12.7 Å². The molecule has 0 aliphatic carbocycles. The summed E-state index contributed by atoms with van der Waals surface area (Å²) in [6.45, 7) is 10.9. The summed E-state index contributed by atoms with van der Waals surface area (Å²) in [6.07, 6.45) is 1.84. The second-order valence-corrected chi connectivity index (χ2v) is 4.40. The van der Waals surface area contributed by atoms with Gasteiger partial charge < -0.3 is 9.47 Å². The monoisotopic (exact) mass is 198 g/mol. The van der Waals surface area contributed by atoms with E-state index in [0.29, 0.717) is 6.42 Å². The van der Waals surface area contributed by atoms with Crippen LogP contribution in [0, 0.1) is 0 Å². The molecule has 1 saturated heterocycles. The Balaban J connectivity index is 2.83. The molecule has 0 bridgehead atoms. The van der Waals surface area contributed by atoms with Gasteiger partial charge in [-0.2, -0.15) is 0 Å². The van der Waals surface area contributed by atoms with Crippen LogP contribution in [0.25, 0.3) is 0 Å². The first kappa shape index (κ1) is 11.4. The smallest absolute Gasteiger partial charge is 0.164 e. The quantitative estimate of drug-likeness (QED) is 0.651. The fourth-order valence-electron chi connectivity index (χ4n) is 1.76. The molecular formula is C11H18O3. The molecule has 1 aliphatic rings. The van der Waals surface area contributed by atoms with Crippen molar-refractivity contribution in [2.75, 3.05) is 0 Å². The fourth-order valence-corrected chi connectivity index (χ4v) is 1.76. The molecule has 3 nitrogen and oxygen atoms in total. The van der Waals surface area contributed by atoms with Gasteiger partial charge in [-0.05, 0) is 27.7 Å². The van der Waals surface area contributed by atoms with Crippen molar-refractivity contribution in [2.45, 2.75) is 51.6 Å². The number of ketones is 1. The van der Waals surface area contributed by atoms with Crippen LogP contribution in [-0.4, -0.2) is 23.3 Å². The van der Waals surface area contributed by atoms with Crippen LogP contribution < -0.4 is 0 Å². The molecule has 0 saturated carbocycles. The van der Waals surface area contributed by atoms with E-state index in [9.17, 15) is 4.79 Å². The van der Waals surface area contributed by atoms with Gasteiger partial charge in [-0.1, -0.05) is 6.08 Å². The van der Waals surface area contributed by atoms with Crippen LogP contribution in [0.1, 0.15) is 34.1 Å². The molecule has 80 valence electrons. The summed E-state index contributed by atoms with van der Waals surface area (Å²) in [7, 11) is 0. The summed E-state index contributed by atoms with van der Waals surface area (Å²) in [4.78, 5) is 11.0. The first-order valence-corrected chi connectivity index (χ1v) is 4.80. The lowest BCUT2D eigenvalue weighted by Gasteiger charge is -2.24. The Hall–Kier alpha value is -0.670. The maximum absolute atomic E-state index is 11.0. The standard InChI is InChI=1S/C11H18O3/c1-6-11(5)9(7-8(2)12)13-10(3,4)14-11/h6,9H,1,7H2,2-5H3/t9-,11-/m1/s1. The highest BCUT2D eigenvalue weighted by atomic mass is 16.8. The molecule has 1 fully saturated rings. The van der Waals surface area contributed by atoms with E-state index in [1.165, 1.54) is 0 Å². The van der Waals surface area contributed by atoms with E-state index in [4.69, 9.17) is 9.47 Å². The van der Waals surface area contributed by atoms with E-state index in [1.54, 1.807) is 13.0 Å². The van der Waals surface area contributed by atoms with Crippen molar-refractivity contribution >= 4 is 5.78 Å². The normalized spacial score (nSPS) is 35.6. The summed E-state index contributed by atoms with van der Waals surface area (Å²) in [6, 6.07) is 0. The first-order valence-electron chi connectivity index (χ1n) is 4.80. The summed E-state index contributed by atoms with van der Waals surface area (Å²) >= 11 is 0. The summed E-state index contributed by atoms with van der Waals surface area (Å²) in [5.74, 6) is -0.535. The second-order valence-electron chi connectivity index (χ2n) is 4.40. The van der Waals surface area contributed by atoms with E-state index < -0.39 is 11.4 Å². The predicted octanol–water partition coefficient (Wildman–Crippen LogP) is 2.06. The van der Waals surface area contributed by atoms with Gasteiger partial charge in [-0.3, -0.25) is 4.79 Å². The molecule has 0 N–H and O–H groups in total. The van der Waals surface area contributed by atoms with Gasteiger partial charge in [0.2, 0.25) is 0 Å². The van der Waals surface area contributed by atoms with Gasteiger partial charge in [0.25, 0.3) is 0 Å². The van der Waals surface area contributed by atoms with Gasteiger partial charge in [-0.25, -0.2) is 0 Å². The third kappa shape index (κ3) is 2.22. The lowest BCUT2D eigenvalue weighted by Crippen LogP contribution is -2.35. The average molecular weight is 198 g/mol. The second kappa shape index (κ2) is 3.48. The Kier molecular flexibility index (Phi) is 2.83. The van der Waals surface area contributed by atoms with E-state index in [2.05, 4.69) is 6.58 Å². The number of carbonyl (C=O) groups is 1. The van der Waals surface area contributed by atoms with E-state index in [1.807, 2.05) is 20.8 Å². The Labute approximate surface area is 85.1 Å². The highest BCUT2D eigenvalue weighted by molar-refractivity contribution is 5.76. The molecule has 0 aromatic carbocycles. The van der Waals surface area contributed by atoms with E-state index >= 15 is 0 Å². The predicted molar refractivity (Wildman–Crippen MR) is 53.9 cm³/mol. The van der Waals surface area contributed by atoms with Crippen LogP contribution in [-0.2, 0) is 14.3 Å². The molecular weight excluding hydrogens is 180 g/mol. The lowest BCUT2D eigenvalue weighted by molar-refractivity contribution is -0.154. The Morgan fingerprint density at radius 3 is 2.50 bits per heavy atom. The fraction of sp³-hybridized carbons (Fsp3) is 0.727. The molecule has 1 aliphatic heterocycles. The number of rotatable bonds is 3. The zero-order chi connectivity index (χ0) is 11.0. The van der Waals surface area contributed by atoms with Crippen LogP contribution >= 0.6 is 0 Å². The minimum Gasteiger partial charge on any atom is -0.343 e. The summed E-state index contributed by atoms with van der Waals surface area (Å²) in [5.41, 5.74) is -0.560. The zero-order valence-corrected chi connectivity index (χ0v) is 9.29.